The zero-order valence-electron chi connectivity index (χ0n) is 11.6. The fourth-order valence-corrected chi connectivity index (χ4v) is 2.71. The van der Waals surface area contributed by atoms with Crippen LogP contribution in [0.1, 0.15) is 25.7 Å². The van der Waals surface area contributed by atoms with Crippen molar-refractivity contribution in [3.63, 3.8) is 0 Å². The van der Waals surface area contributed by atoms with E-state index in [1.54, 1.807) is 0 Å². The fraction of sp³-hybridized carbons (Fsp3) is 0.846. The van der Waals surface area contributed by atoms with Crippen LogP contribution in [0.25, 0.3) is 0 Å². The molecule has 2 fully saturated rings. The van der Waals surface area contributed by atoms with Crippen molar-refractivity contribution in [1.29, 1.82) is 0 Å². The molecule has 0 aromatic carbocycles. The molecule has 3 N–H and O–H groups in total. The zero-order valence-corrected chi connectivity index (χ0v) is 11.6. The summed E-state index contributed by atoms with van der Waals surface area (Å²) in [7, 11) is 0. The van der Waals surface area contributed by atoms with Gasteiger partial charge in [0.25, 0.3) is 0 Å². The van der Waals surface area contributed by atoms with E-state index < -0.39 is 5.97 Å². The van der Waals surface area contributed by atoms with E-state index in [4.69, 9.17) is 9.84 Å². The van der Waals surface area contributed by atoms with Crippen LogP contribution in [0.3, 0.4) is 0 Å². The van der Waals surface area contributed by atoms with Gasteiger partial charge in [0.2, 0.25) is 0 Å². The lowest BCUT2D eigenvalue weighted by atomic mass is 9.82. The van der Waals surface area contributed by atoms with Gasteiger partial charge in [-0.1, -0.05) is 0 Å². The van der Waals surface area contributed by atoms with Crippen molar-refractivity contribution >= 4 is 12.0 Å². The highest BCUT2D eigenvalue weighted by molar-refractivity contribution is 5.73. The molecule has 0 radical (unpaired) electrons. The quantitative estimate of drug-likeness (QED) is 0.696. The molecule has 2 amide bonds. The van der Waals surface area contributed by atoms with Crippen molar-refractivity contribution in [3.8, 4) is 0 Å². The summed E-state index contributed by atoms with van der Waals surface area (Å²) in [5, 5.41) is 13.6. The number of amides is 2. The number of carboxylic acid groups (broad SMARTS) is 1. The van der Waals surface area contributed by atoms with Gasteiger partial charge >= 0.3 is 12.0 Å². The van der Waals surface area contributed by atoms with E-state index in [9.17, 15) is 9.59 Å². The summed E-state index contributed by atoms with van der Waals surface area (Å²) >= 11 is 0. The molecule has 1 saturated carbocycles. The first-order valence-electron chi connectivity index (χ1n) is 7.25. The lowest BCUT2D eigenvalue weighted by molar-refractivity contribution is -0.143. The van der Waals surface area contributed by atoms with Gasteiger partial charge in [0.1, 0.15) is 0 Å². The van der Waals surface area contributed by atoms with Crippen LogP contribution in [0.2, 0.25) is 0 Å². The molecule has 20 heavy (non-hydrogen) atoms. The van der Waals surface area contributed by atoms with Gasteiger partial charge in [-0.2, -0.15) is 0 Å². The first-order chi connectivity index (χ1) is 9.65. The minimum Gasteiger partial charge on any atom is -0.481 e. The maximum Gasteiger partial charge on any atom is 0.329 e. The van der Waals surface area contributed by atoms with Crippen LogP contribution in [-0.4, -0.2) is 55.0 Å². The summed E-state index contributed by atoms with van der Waals surface area (Å²) in [5.41, 5.74) is 2.79. The molecular formula is C13H23N3O4. The van der Waals surface area contributed by atoms with Crippen LogP contribution in [-0.2, 0) is 9.53 Å². The van der Waals surface area contributed by atoms with Crippen LogP contribution in [0.4, 0.5) is 4.79 Å². The maximum absolute atomic E-state index is 11.7. The molecule has 0 bridgehead atoms. The van der Waals surface area contributed by atoms with Crippen molar-refractivity contribution in [2.45, 2.75) is 25.7 Å². The minimum atomic E-state index is -0.693. The van der Waals surface area contributed by atoms with Crippen molar-refractivity contribution < 1.29 is 19.4 Å². The highest BCUT2D eigenvalue weighted by Crippen LogP contribution is 2.28. The van der Waals surface area contributed by atoms with Gasteiger partial charge in [-0.3, -0.25) is 10.2 Å². The predicted octanol–water partition coefficient (Wildman–Crippen LogP) is 0.424. The lowest BCUT2D eigenvalue weighted by Gasteiger charge is -2.28. The van der Waals surface area contributed by atoms with Crippen LogP contribution < -0.4 is 10.7 Å². The normalized spacial score (nSPS) is 27.8. The number of hydrogen-bond acceptors (Lipinski definition) is 4. The Morgan fingerprint density at radius 2 is 1.80 bits per heavy atom. The molecule has 2 rings (SSSR count). The van der Waals surface area contributed by atoms with E-state index in [0.717, 1.165) is 12.8 Å². The first kappa shape index (κ1) is 15.1. The number of nitrogens with one attached hydrogen (secondary N) is 2. The molecular weight excluding hydrogens is 262 g/mol. The van der Waals surface area contributed by atoms with E-state index in [-0.39, 0.29) is 11.9 Å². The van der Waals surface area contributed by atoms with Crippen molar-refractivity contribution in [2.24, 2.45) is 11.8 Å². The number of urea groups is 1. The topological polar surface area (TPSA) is 90.9 Å². The summed E-state index contributed by atoms with van der Waals surface area (Å²) in [6, 6.07) is -0.188. The number of rotatable bonds is 4. The summed E-state index contributed by atoms with van der Waals surface area (Å²) in [4.78, 5) is 22.6. The van der Waals surface area contributed by atoms with E-state index in [1.807, 2.05) is 5.01 Å². The lowest BCUT2D eigenvalue weighted by Crippen LogP contribution is -2.52. The van der Waals surface area contributed by atoms with Crippen molar-refractivity contribution in [2.75, 3.05) is 32.8 Å². The van der Waals surface area contributed by atoms with Crippen LogP contribution >= 0.6 is 0 Å². The molecule has 0 unspecified atom stereocenters. The van der Waals surface area contributed by atoms with E-state index >= 15 is 0 Å². The number of nitrogens with zero attached hydrogens (tertiary/aromatic N) is 1. The number of carboxylic acids is 1. The second-order valence-corrected chi connectivity index (χ2v) is 5.48. The molecule has 1 aliphatic heterocycles. The Kier molecular flexibility index (Phi) is 5.60. The number of hydrazine groups is 1. The third kappa shape index (κ3) is 4.64. The smallest absolute Gasteiger partial charge is 0.329 e. The van der Waals surface area contributed by atoms with Gasteiger partial charge in [0.15, 0.2) is 0 Å². The van der Waals surface area contributed by atoms with Gasteiger partial charge < -0.3 is 15.2 Å². The Labute approximate surface area is 118 Å². The highest BCUT2D eigenvalue weighted by atomic mass is 16.5. The molecule has 114 valence electrons. The SMILES string of the molecule is O=C(NCC1CCC(C(=O)O)CC1)NN1CCOCC1. The Morgan fingerprint density at radius 1 is 1.15 bits per heavy atom. The Bertz CT molecular complexity index is 337. The molecule has 0 spiro atoms. The fourth-order valence-electron chi connectivity index (χ4n) is 2.71. The average Bonchev–Trinajstić information content (AvgIpc) is 2.46. The van der Waals surface area contributed by atoms with Gasteiger partial charge in [0.05, 0.1) is 19.1 Å². The molecule has 7 nitrogen and oxygen atoms in total. The number of hydrogen-bond donors (Lipinski definition) is 3. The number of carbonyl (C=O) groups is 2. The Balaban J connectivity index is 1.60. The average molecular weight is 285 g/mol. The molecule has 7 heteroatoms. The van der Waals surface area contributed by atoms with Gasteiger partial charge in [-0.25, -0.2) is 9.80 Å². The standard InChI is InChI=1S/C13H23N3O4/c17-12(18)11-3-1-10(2-4-11)9-14-13(19)15-16-5-7-20-8-6-16/h10-11H,1-9H2,(H,17,18)(H2,14,15,19). The van der Waals surface area contributed by atoms with Gasteiger partial charge in [-0.15, -0.1) is 0 Å². The summed E-state index contributed by atoms with van der Waals surface area (Å²) in [6.07, 6.45) is 3.17. The van der Waals surface area contributed by atoms with Crippen LogP contribution in [0, 0.1) is 11.8 Å². The van der Waals surface area contributed by atoms with E-state index in [2.05, 4.69) is 10.7 Å². The molecule has 0 aromatic rings. The Morgan fingerprint density at radius 3 is 2.40 bits per heavy atom. The molecule has 1 saturated heterocycles. The third-order valence-corrected chi connectivity index (χ3v) is 4.02. The summed E-state index contributed by atoms with van der Waals surface area (Å²) in [5.74, 6) is -0.504. The highest BCUT2D eigenvalue weighted by Gasteiger charge is 2.26. The number of carbonyl (C=O) groups excluding carboxylic acids is 1. The second kappa shape index (κ2) is 7.44. The van der Waals surface area contributed by atoms with Crippen LogP contribution in [0.15, 0.2) is 0 Å². The molecule has 1 heterocycles. The monoisotopic (exact) mass is 285 g/mol. The largest absolute Gasteiger partial charge is 0.481 e. The summed E-state index contributed by atoms with van der Waals surface area (Å²) < 4.78 is 5.20. The van der Waals surface area contributed by atoms with Crippen molar-refractivity contribution in [3.05, 3.63) is 0 Å². The second-order valence-electron chi connectivity index (χ2n) is 5.48. The predicted molar refractivity (Wildman–Crippen MR) is 72.0 cm³/mol. The first-order valence-corrected chi connectivity index (χ1v) is 7.25. The third-order valence-electron chi connectivity index (χ3n) is 4.02. The zero-order chi connectivity index (χ0) is 14.4. The minimum absolute atomic E-state index is 0.188. The number of aliphatic carboxylic acids is 1. The Hall–Kier alpha value is -1.34. The van der Waals surface area contributed by atoms with Crippen molar-refractivity contribution in [1.82, 2.24) is 15.8 Å². The molecule has 0 atom stereocenters. The van der Waals surface area contributed by atoms with E-state index in [1.165, 1.54) is 0 Å². The maximum atomic E-state index is 11.7. The van der Waals surface area contributed by atoms with E-state index in [0.29, 0.717) is 51.6 Å². The number of morpholine rings is 1. The number of ether oxygens (including phenoxy) is 1. The van der Waals surface area contributed by atoms with Crippen LogP contribution in [0.5, 0.6) is 0 Å². The summed E-state index contributed by atoms with van der Waals surface area (Å²) in [6.45, 7) is 3.30. The van der Waals surface area contributed by atoms with Gasteiger partial charge in [0, 0.05) is 19.6 Å². The molecule has 2 aliphatic rings. The molecule has 1 aliphatic carbocycles. The van der Waals surface area contributed by atoms with Gasteiger partial charge in [-0.05, 0) is 31.6 Å². The molecule has 0 aromatic heterocycles.